The fraction of sp³-hybridized carbons (Fsp3) is 0.562. The van der Waals surface area contributed by atoms with Gasteiger partial charge in [0.1, 0.15) is 5.78 Å². The van der Waals surface area contributed by atoms with Crippen LogP contribution in [0, 0.1) is 16.7 Å². The van der Waals surface area contributed by atoms with E-state index in [1.54, 1.807) is 0 Å². The highest BCUT2D eigenvalue weighted by atomic mass is 16.1. The van der Waals surface area contributed by atoms with Crippen LogP contribution in [0.4, 0.5) is 0 Å². The van der Waals surface area contributed by atoms with E-state index in [9.17, 15) is 4.79 Å². The molecule has 0 heterocycles. The lowest BCUT2D eigenvalue weighted by molar-refractivity contribution is -0.129. The Kier molecular flexibility index (Phi) is 2.08. The largest absolute Gasteiger partial charge is 0.298 e. The minimum absolute atomic E-state index is 0.0990. The van der Waals surface area contributed by atoms with Gasteiger partial charge in [-0.25, -0.2) is 0 Å². The summed E-state index contributed by atoms with van der Waals surface area (Å²) in [6, 6.07) is 10.3. The van der Waals surface area contributed by atoms with Crippen LogP contribution in [0.15, 0.2) is 30.3 Å². The molecule has 1 nitrogen and oxygen atoms in total. The number of carbonyl (C=O) groups excluding carboxylic acids is 1. The Balaban J connectivity index is 2.09. The van der Waals surface area contributed by atoms with Gasteiger partial charge in [0.15, 0.2) is 0 Å². The summed E-state index contributed by atoms with van der Waals surface area (Å²) in [7, 11) is 0. The third-order valence-electron chi connectivity index (χ3n) is 5.69. The molecule has 2 aliphatic carbocycles. The molecule has 0 radical (unpaired) electrons. The molecule has 2 aliphatic rings. The van der Waals surface area contributed by atoms with Gasteiger partial charge < -0.3 is 0 Å². The topological polar surface area (TPSA) is 17.1 Å². The van der Waals surface area contributed by atoms with Crippen LogP contribution in [0.3, 0.4) is 0 Å². The van der Waals surface area contributed by atoms with Crippen molar-refractivity contribution >= 4 is 5.78 Å². The molecule has 2 bridgehead atoms. The Morgan fingerprint density at radius 3 is 2.29 bits per heavy atom. The van der Waals surface area contributed by atoms with E-state index < -0.39 is 0 Å². The van der Waals surface area contributed by atoms with Gasteiger partial charge in [0, 0.05) is 11.3 Å². The minimum Gasteiger partial charge on any atom is -0.298 e. The Morgan fingerprint density at radius 1 is 1.12 bits per heavy atom. The molecule has 0 aliphatic heterocycles. The van der Waals surface area contributed by atoms with E-state index in [-0.39, 0.29) is 16.7 Å². The average molecular weight is 228 g/mol. The number of hydrogen-bond acceptors (Lipinski definition) is 1. The van der Waals surface area contributed by atoms with Crippen LogP contribution >= 0.6 is 0 Å². The van der Waals surface area contributed by atoms with Crippen molar-refractivity contribution in [2.45, 2.75) is 39.5 Å². The number of rotatable bonds is 1. The molecule has 3 unspecified atom stereocenters. The van der Waals surface area contributed by atoms with Crippen molar-refractivity contribution in [3.05, 3.63) is 35.9 Å². The van der Waals surface area contributed by atoms with Crippen LogP contribution in [0.5, 0.6) is 0 Å². The molecular formula is C16H20O. The second kappa shape index (κ2) is 3.22. The van der Waals surface area contributed by atoms with E-state index in [4.69, 9.17) is 0 Å². The van der Waals surface area contributed by atoms with Crippen molar-refractivity contribution in [1.82, 2.24) is 0 Å². The molecule has 1 aromatic rings. The van der Waals surface area contributed by atoms with Crippen molar-refractivity contribution in [2.75, 3.05) is 0 Å². The first kappa shape index (κ1) is 11.0. The van der Waals surface area contributed by atoms with Gasteiger partial charge >= 0.3 is 0 Å². The summed E-state index contributed by atoms with van der Waals surface area (Å²) in [5.41, 5.74) is 1.28. The highest BCUT2D eigenvalue weighted by Crippen LogP contribution is 2.67. The quantitative estimate of drug-likeness (QED) is 0.714. The van der Waals surface area contributed by atoms with E-state index in [1.807, 2.05) is 18.2 Å². The van der Waals surface area contributed by atoms with Gasteiger partial charge in [-0.15, -0.1) is 0 Å². The predicted octanol–water partition coefficient (Wildman–Crippen LogP) is 3.80. The molecule has 1 aromatic carbocycles. The molecule has 1 heteroatoms. The van der Waals surface area contributed by atoms with Gasteiger partial charge in [0.25, 0.3) is 0 Å². The molecule has 0 N–H and O–H groups in total. The fourth-order valence-corrected chi connectivity index (χ4v) is 4.13. The maximum Gasteiger partial charge on any atom is 0.147 e. The van der Waals surface area contributed by atoms with Crippen molar-refractivity contribution in [3.63, 3.8) is 0 Å². The minimum atomic E-state index is -0.0990. The van der Waals surface area contributed by atoms with Crippen molar-refractivity contribution in [1.29, 1.82) is 0 Å². The van der Waals surface area contributed by atoms with E-state index in [2.05, 4.69) is 32.9 Å². The number of Topliss-reactive ketones (excluding diaryl/α,β-unsaturated/α-hetero) is 1. The second-order valence-corrected chi connectivity index (χ2v) is 6.45. The number of carbonyl (C=O) groups is 1. The average Bonchev–Trinajstić information content (AvgIpc) is 2.62. The second-order valence-electron chi connectivity index (χ2n) is 6.45. The zero-order valence-corrected chi connectivity index (χ0v) is 10.9. The first-order chi connectivity index (χ1) is 7.98. The molecule has 2 saturated carbocycles. The smallest absolute Gasteiger partial charge is 0.147 e. The number of benzene rings is 1. The lowest BCUT2D eigenvalue weighted by atomic mass is 9.70. The zero-order chi connectivity index (χ0) is 12.3. The molecule has 0 amide bonds. The van der Waals surface area contributed by atoms with Crippen LogP contribution in [0.25, 0.3) is 0 Å². The molecule has 90 valence electrons. The first-order valence-electron chi connectivity index (χ1n) is 6.58. The van der Waals surface area contributed by atoms with E-state index in [0.717, 1.165) is 6.42 Å². The molecular weight excluding hydrogens is 208 g/mol. The van der Waals surface area contributed by atoms with Gasteiger partial charge in [-0.2, -0.15) is 0 Å². The van der Waals surface area contributed by atoms with Gasteiger partial charge in [0.2, 0.25) is 0 Å². The lowest BCUT2D eigenvalue weighted by Crippen LogP contribution is -2.33. The van der Waals surface area contributed by atoms with Gasteiger partial charge in [-0.1, -0.05) is 51.1 Å². The van der Waals surface area contributed by atoms with E-state index in [1.165, 1.54) is 12.0 Å². The normalized spacial score (nSPS) is 38.6. The molecule has 3 rings (SSSR count). The van der Waals surface area contributed by atoms with Gasteiger partial charge in [0.05, 0.1) is 0 Å². The van der Waals surface area contributed by atoms with E-state index >= 15 is 0 Å². The van der Waals surface area contributed by atoms with Crippen LogP contribution in [0.1, 0.15) is 45.1 Å². The van der Waals surface area contributed by atoms with Gasteiger partial charge in [-0.05, 0) is 29.7 Å². The maximum absolute atomic E-state index is 12.7. The standard InChI is InChI=1S/C16H20O/c1-15(2)12-9-10-16(15,3)14(17)13(12)11-7-5-4-6-8-11/h4-8,12-13H,9-10H2,1-3H3. The highest BCUT2D eigenvalue weighted by molar-refractivity contribution is 5.95. The SMILES string of the molecule is CC12CCC(C(c3ccccc3)C1=O)C2(C)C. The van der Waals surface area contributed by atoms with Gasteiger partial charge in [-0.3, -0.25) is 4.79 Å². The Bertz CT molecular complexity index is 460. The van der Waals surface area contributed by atoms with Crippen LogP contribution in [-0.2, 0) is 4.79 Å². The third-order valence-corrected chi connectivity index (χ3v) is 5.69. The van der Waals surface area contributed by atoms with Crippen molar-refractivity contribution < 1.29 is 4.79 Å². The summed E-state index contributed by atoms with van der Waals surface area (Å²) >= 11 is 0. The summed E-state index contributed by atoms with van der Waals surface area (Å²) in [6.45, 7) is 6.75. The summed E-state index contributed by atoms with van der Waals surface area (Å²) < 4.78 is 0. The molecule has 0 saturated heterocycles. The summed E-state index contributed by atoms with van der Waals surface area (Å²) in [6.07, 6.45) is 2.28. The molecule has 2 fully saturated rings. The monoisotopic (exact) mass is 228 g/mol. The Labute approximate surface area is 103 Å². The van der Waals surface area contributed by atoms with E-state index in [0.29, 0.717) is 11.7 Å². The van der Waals surface area contributed by atoms with Crippen LogP contribution in [0.2, 0.25) is 0 Å². The Morgan fingerprint density at radius 2 is 1.76 bits per heavy atom. The maximum atomic E-state index is 12.7. The summed E-state index contributed by atoms with van der Waals surface area (Å²) in [5.74, 6) is 1.15. The van der Waals surface area contributed by atoms with Crippen molar-refractivity contribution in [2.24, 2.45) is 16.7 Å². The summed E-state index contributed by atoms with van der Waals surface area (Å²) in [4.78, 5) is 12.7. The number of ketones is 1. The molecule has 17 heavy (non-hydrogen) atoms. The lowest BCUT2D eigenvalue weighted by Gasteiger charge is -2.32. The third kappa shape index (κ3) is 1.17. The van der Waals surface area contributed by atoms with Crippen LogP contribution < -0.4 is 0 Å². The molecule has 0 spiro atoms. The number of hydrogen-bond donors (Lipinski definition) is 0. The first-order valence-corrected chi connectivity index (χ1v) is 6.58. The highest BCUT2D eigenvalue weighted by Gasteiger charge is 2.66. The molecule has 0 aromatic heterocycles. The molecule has 3 atom stereocenters. The Hall–Kier alpha value is -1.11. The summed E-state index contributed by atoms with van der Waals surface area (Å²) in [5, 5.41) is 0. The van der Waals surface area contributed by atoms with Crippen LogP contribution in [-0.4, -0.2) is 5.78 Å². The predicted molar refractivity (Wildman–Crippen MR) is 68.8 cm³/mol. The van der Waals surface area contributed by atoms with Crippen molar-refractivity contribution in [3.8, 4) is 0 Å². The zero-order valence-electron chi connectivity index (χ0n) is 10.9. The fourth-order valence-electron chi connectivity index (χ4n) is 4.13. The number of fused-ring (bicyclic) bond motifs is 2.